The third-order valence-electron chi connectivity index (χ3n) is 7.15. The van der Waals surface area contributed by atoms with E-state index in [4.69, 9.17) is 14.2 Å². The maximum absolute atomic E-state index is 13.9. The molecule has 2 aliphatic rings. The smallest absolute Gasteiger partial charge is 0.267 e. The van der Waals surface area contributed by atoms with Gasteiger partial charge in [0.05, 0.1) is 37.5 Å². The van der Waals surface area contributed by atoms with E-state index in [1.807, 2.05) is 36.4 Å². The van der Waals surface area contributed by atoms with Crippen molar-refractivity contribution in [3.63, 3.8) is 0 Å². The van der Waals surface area contributed by atoms with E-state index in [0.29, 0.717) is 36.1 Å². The second kappa shape index (κ2) is 11.0. The van der Waals surface area contributed by atoms with Crippen molar-refractivity contribution in [3.8, 4) is 11.5 Å². The number of nitrogens with zero attached hydrogens (tertiary/aromatic N) is 2. The first-order valence-corrected chi connectivity index (χ1v) is 14.7. The van der Waals surface area contributed by atoms with E-state index in [1.165, 1.54) is 23.5 Å². The number of amides is 1. The number of rotatable bonds is 6. The highest BCUT2D eigenvalue weighted by molar-refractivity contribution is 7.92. The summed E-state index contributed by atoms with van der Waals surface area (Å²) in [6.07, 6.45) is -1.06. The van der Waals surface area contributed by atoms with E-state index in [0.717, 1.165) is 24.3 Å². The predicted octanol–water partition coefficient (Wildman–Crippen LogP) is 4.42. The van der Waals surface area contributed by atoms with Gasteiger partial charge < -0.3 is 24.4 Å². The van der Waals surface area contributed by atoms with E-state index in [-0.39, 0.29) is 16.9 Å². The minimum Gasteiger partial charge on any atom is -0.497 e. The van der Waals surface area contributed by atoms with Crippen molar-refractivity contribution in [1.29, 1.82) is 0 Å². The minimum atomic E-state index is -4.02. The topological polar surface area (TPSA) is 97.4 Å². The molecule has 0 bridgehead atoms. The maximum Gasteiger partial charge on any atom is 0.267 e. The van der Waals surface area contributed by atoms with Crippen LogP contribution in [0.4, 0.5) is 17.1 Å². The van der Waals surface area contributed by atoms with Crippen molar-refractivity contribution < 1.29 is 27.4 Å². The molecule has 3 aromatic rings. The van der Waals surface area contributed by atoms with E-state index >= 15 is 0 Å². The third kappa shape index (κ3) is 5.73. The summed E-state index contributed by atoms with van der Waals surface area (Å²) >= 11 is 0. The molecule has 2 aliphatic heterocycles. The molecule has 40 heavy (non-hydrogen) atoms. The molecule has 1 fully saturated rings. The average molecular weight is 566 g/mol. The zero-order valence-electron chi connectivity index (χ0n) is 23.2. The van der Waals surface area contributed by atoms with Gasteiger partial charge in [-0.1, -0.05) is 26.8 Å². The number of carbonyl (C=O) groups excluding carboxylic acids is 1. The lowest BCUT2D eigenvalue weighted by atomic mass is 9.86. The van der Waals surface area contributed by atoms with Crippen molar-refractivity contribution in [1.82, 2.24) is 0 Å². The van der Waals surface area contributed by atoms with Gasteiger partial charge in [0.15, 0.2) is 6.10 Å². The van der Waals surface area contributed by atoms with E-state index in [2.05, 4.69) is 31.0 Å². The van der Waals surface area contributed by atoms with Crippen LogP contribution in [-0.4, -0.2) is 60.4 Å². The summed E-state index contributed by atoms with van der Waals surface area (Å²) in [5, 5.41) is 2.89. The van der Waals surface area contributed by atoms with Crippen LogP contribution >= 0.6 is 0 Å². The molecular weight excluding hydrogens is 530 g/mol. The number of nitrogens with one attached hydrogen (secondary N) is 1. The van der Waals surface area contributed by atoms with Gasteiger partial charge in [-0.25, -0.2) is 8.42 Å². The van der Waals surface area contributed by atoms with Crippen LogP contribution < -0.4 is 24.0 Å². The molecule has 0 radical (unpaired) electrons. The lowest BCUT2D eigenvalue weighted by molar-refractivity contribution is -0.122. The van der Waals surface area contributed by atoms with Crippen LogP contribution in [-0.2, 0) is 25.0 Å². The summed E-state index contributed by atoms with van der Waals surface area (Å²) in [5.41, 5.74) is 2.79. The van der Waals surface area contributed by atoms with Gasteiger partial charge in [-0.2, -0.15) is 0 Å². The highest BCUT2D eigenvalue weighted by atomic mass is 32.2. The van der Waals surface area contributed by atoms with Crippen molar-refractivity contribution in [2.45, 2.75) is 37.2 Å². The van der Waals surface area contributed by atoms with Gasteiger partial charge in [0.25, 0.3) is 15.9 Å². The van der Waals surface area contributed by atoms with Gasteiger partial charge in [-0.05, 0) is 71.6 Å². The maximum atomic E-state index is 13.9. The average Bonchev–Trinajstić information content (AvgIpc) is 2.96. The monoisotopic (exact) mass is 565 g/mol. The molecule has 1 atom stereocenters. The van der Waals surface area contributed by atoms with Crippen LogP contribution in [0.1, 0.15) is 26.3 Å². The van der Waals surface area contributed by atoms with Crippen LogP contribution in [0.3, 0.4) is 0 Å². The van der Waals surface area contributed by atoms with Crippen LogP contribution in [0.25, 0.3) is 0 Å². The van der Waals surface area contributed by atoms with Crippen molar-refractivity contribution in [3.05, 3.63) is 72.3 Å². The Morgan fingerprint density at radius 1 is 0.975 bits per heavy atom. The number of carbonyl (C=O) groups is 1. The van der Waals surface area contributed by atoms with Gasteiger partial charge in [0.2, 0.25) is 0 Å². The summed E-state index contributed by atoms with van der Waals surface area (Å²) in [6, 6.07) is 19.2. The Bertz CT molecular complexity index is 1460. The quantitative estimate of drug-likeness (QED) is 0.473. The summed E-state index contributed by atoms with van der Waals surface area (Å²) in [7, 11) is -2.50. The second-order valence-corrected chi connectivity index (χ2v) is 12.7. The molecule has 1 amide bonds. The number of methoxy groups -OCH3 is 1. The standard InChI is InChI=1S/C30H35N3O6S/c1-30(2,3)21-5-14-27-26(19-21)33(40(35,36)25-12-10-24(37-4)11-13-25)20-28(39-27)29(34)31-22-6-8-23(9-7-22)32-15-17-38-18-16-32/h5-14,19,28H,15-18,20H2,1-4H3,(H,31,34)/t28-/m0/s1. The molecule has 2 heterocycles. The van der Waals surface area contributed by atoms with E-state index in [9.17, 15) is 13.2 Å². The van der Waals surface area contributed by atoms with Gasteiger partial charge in [-0.3, -0.25) is 9.10 Å². The highest BCUT2D eigenvalue weighted by Gasteiger charge is 2.38. The molecule has 3 aromatic carbocycles. The fraction of sp³-hybridized carbons (Fsp3) is 0.367. The lowest BCUT2D eigenvalue weighted by Gasteiger charge is -2.36. The van der Waals surface area contributed by atoms with Gasteiger partial charge in [-0.15, -0.1) is 0 Å². The summed E-state index contributed by atoms with van der Waals surface area (Å²) < 4.78 is 45.8. The normalized spacial score (nSPS) is 17.6. The Morgan fingerprint density at radius 3 is 2.27 bits per heavy atom. The molecule has 0 saturated carbocycles. The first-order chi connectivity index (χ1) is 19.1. The van der Waals surface area contributed by atoms with E-state index in [1.54, 1.807) is 18.2 Å². The SMILES string of the molecule is COc1ccc(S(=O)(=O)N2C[C@@H](C(=O)Nc3ccc(N4CCOCC4)cc3)Oc3ccc(C(C)(C)C)cc32)cc1. The van der Waals surface area contributed by atoms with Crippen molar-refractivity contribution in [2.24, 2.45) is 0 Å². The second-order valence-electron chi connectivity index (χ2n) is 10.9. The summed E-state index contributed by atoms with van der Waals surface area (Å²) in [5.74, 6) is 0.451. The molecule has 10 heteroatoms. The molecular formula is C30H35N3O6S. The Morgan fingerprint density at radius 2 is 1.65 bits per heavy atom. The molecule has 1 saturated heterocycles. The van der Waals surface area contributed by atoms with Crippen LogP contribution in [0, 0.1) is 0 Å². The Balaban J connectivity index is 1.42. The molecule has 1 N–H and O–H groups in total. The first-order valence-electron chi connectivity index (χ1n) is 13.3. The van der Waals surface area contributed by atoms with Gasteiger partial charge in [0.1, 0.15) is 11.5 Å². The summed E-state index contributed by atoms with van der Waals surface area (Å²) in [6.45, 7) is 9.00. The molecule has 0 spiro atoms. The number of hydrogen-bond acceptors (Lipinski definition) is 7. The van der Waals surface area contributed by atoms with Crippen LogP contribution in [0.2, 0.25) is 0 Å². The number of fused-ring (bicyclic) bond motifs is 1. The number of hydrogen-bond donors (Lipinski definition) is 1. The molecule has 212 valence electrons. The Kier molecular flexibility index (Phi) is 7.65. The highest BCUT2D eigenvalue weighted by Crippen LogP contribution is 2.40. The largest absolute Gasteiger partial charge is 0.497 e. The third-order valence-corrected chi connectivity index (χ3v) is 8.94. The lowest BCUT2D eigenvalue weighted by Crippen LogP contribution is -2.49. The molecule has 9 nitrogen and oxygen atoms in total. The fourth-order valence-electron chi connectivity index (χ4n) is 4.76. The van der Waals surface area contributed by atoms with Crippen molar-refractivity contribution >= 4 is 33.0 Å². The number of morpholine rings is 1. The summed E-state index contributed by atoms with van der Waals surface area (Å²) in [4.78, 5) is 15.7. The Hall–Kier alpha value is -3.76. The first kappa shape index (κ1) is 27.8. The number of sulfonamides is 1. The molecule has 0 aliphatic carbocycles. The van der Waals surface area contributed by atoms with Gasteiger partial charge in [0, 0.05) is 24.5 Å². The zero-order valence-corrected chi connectivity index (χ0v) is 24.0. The van der Waals surface area contributed by atoms with Crippen LogP contribution in [0.5, 0.6) is 11.5 Å². The molecule has 0 unspecified atom stereocenters. The Labute approximate surface area is 235 Å². The fourth-order valence-corrected chi connectivity index (χ4v) is 6.22. The number of benzene rings is 3. The molecule has 5 rings (SSSR count). The zero-order chi connectivity index (χ0) is 28.5. The number of anilines is 3. The molecule has 0 aromatic heterocycles. The van der Waals surface area contributed by atoms with Crippen LogP contribution in [0.15, 0.2) is 71.6 Å². The minimum absolute atomic E-state index is 0.0974. The van der Waals surface area contributed by atoms with Gasteiger partial charge >= 0.3 is 0 Å². The van der Waals surface area contributed by atoms with Crippen molar-refractivity contribution in [2.75, 3.05) is 54.5 Å². The van der Waals surface area contributed by atoms with E-state index < -0.39 is 22.0 Å². The number of ether oxygens (including phenoxy) is 3. The predicted molar refractivity (Wildman–Crippen MR) is 155 cm³/mol.